The summed E-state index contributed by atoms with van der Waals surface area (Å²) < 4.78 is 0. The van der Waals surface area contributed by atoms with Gasteiger partial charge in [0.2, 0.25) is 0 Å². The van der Waals surface area contributed by atoms with Crippen molar-refractivity contribution in [3.05, 3.63) is 40.9 Å². The van der Waals surface area contributed by atoms with E-state index in [2.05, 4.69) is 11.6 Å². The van der Waals surface area contributed by atoms with Gasteiger partial charge in [0.05, 0.1) is 5.36 Å². The standard InChI is InChI=1S/C10H7NO/c1-2-7-3-4-8-6-10(12)11-9(8)5-7/h2-6H,1H2. The summed E-state index contributed by atoms with van der Waals surface area (Å²) in [6.45, 7) is 3.64. The van der Waals surface area contributed by atoms with E-state index in [1.165, 1.54) is 6.08 Å². The van der Waals surface area contributed by atoms with Crippen LogP contribution in [0.4, 0.5) is 0 Å². The van der Waals surface area contributed by atoms with Gasteiger partial charge in [-0.3, -0.25) is 4.79 Å². The Morgan fingerprint density at radius 1 is 1.42 bits per heavy atom. The van der Waals surface area contributed by atoms with Crippen LogP contribution in [0, 0.1) is 0 Å². The predicted octanol–water partition coefficient (Wildman–Crippen LogP) is 0.270. The molecule has 0 aromatic heterocycles. The molecule has 0 N–H and O–H groups in total. The molecule has 1 aliphatic rings. The van der Waals surface area contributed by atoms with Crippen LogP contribution >= 0.6 is 0 Å². The van der Waals surface area contributed by atoms with Gasteiger partial charge in [-0.05, 0) is 11.6 Å². The molecule has 2 rings (SSSR count). The first-order valence-electron chi connectivity index (χ1n) is 3.66. The quantitative estimate of drug-likeness (QED) is 0.575. The van der Waals surface area contributed by atoms with Gasteiger partial charge in [-0.25, -0.2) is 4.99 Å². The summed E-state index contributed by atoms with van der Waals surface area (Å²) in [5.74, 6) is -0.175. The number of carbonyl (C=O) groups excluding carboxylic acids is 1. The van der Waals surface area contributed by atoms with Crippen molar-refractivity contribution in [2.75, 3.05) is 0 Å². The van der Waals surface area contributed by atoms with Gasteiger partial charge in [-0.2, -0.15) is 0 Å². The molecule has 1 aromatic carbocycles. The van der Waals surface area contributed by atoms with Crippen LogP contribution in [0.1, 0.15) is 5.56 Å². The Morgan fingerprint density at radius 2 is 2.25 bits per heavy atom. The second kappa shape index (κ2) is 2.41. The van der Waals surface area contributed by atoms with Crippen LogP contribution in [0.25, 0.3) is 12.2 Å². The lowest BCUT2D eigenvalue weighted by Crippen LogP contribution is -2.20. The van der Waals surface area contributed by atoms with Crippen molar-refractivity contribution in [3.8, 4) is 0 Å². The van der Waals surface area contributed by atoms with Crippen molar-refractivity contribution in [2.24, 2.45) is 4.99 Å². The molecule has 0 saturated carbocycles. The first kappa shape index (κ1) is 6.98. The van der Waals surface area contributed by atoms with Crippen molar-refractivity contribution in [3.63, 3.8) is 0 Å². The third-order valence-electron chi connectivity index (χ3n) is 1.80. The lowest BCUT2D eigenvalue weighted by atomic mass is 10.2. The molecule has 1 heterocycles. The van der Waals surface area contributed by atoms with Gasteiger partial charge in [0, 0.05) is 11.3 Å². The summed E-state index contributed by atoms with van der Waals surface area (Å²) in [6.07, 6.45) is 3.26. The highest BCUT2D eigenvalue weighted by molar-refractivity contribution is 6.06. The molecule has 58 valence electrons. The molecule has 0 spiro atoms. The fourth-order valence-corrected chi connectivity index (χ4v) is 1.19. The number of fused-ring (bicyclic) bond motifs is 1. The Balaban J connectivity index is 2.80. The van der Waals surface area contributed by atoms with Crippen LogP contribution in [0.3, 0.4) is 0 Å². The van der Waals surface area contributed by atoms with Gasteiger partial charge in [0.15, 0.2) is 0 Å². The van der Waals surface area contributed by atoms with E-state index in [0.717, 1.165) is 16.1 Å². The number of amides is 1. The second-order valence-electron chi connectivity index (χ2n) is 2.62. The number of nitrogens with zero attached hydrogens (tertiary/aromatic N) is 1. The van der Waals surface area contributed by atoms with Crippen LogP contribution in [0.2, 0.25) is 0 Å². The average molecular weight is 157 g/mol. The zero-order valence-corrected chi connectivity index (χ0v) is 6.45. The highest BCUT2D eigenvalue weighted by Gasteiger charge is 2.01. The molecule has 1 aliphatic heterocycles. The Hall–Kier alpha value is -1.70. The van der Waals surface area contributed by atoms with E-state index in [1.807, 2.05) is 18.2 Å². The largest absolute Gasteiger partial charge is 0.270 e. The Labute approximate surface area is 69.6 Å². The van der Waals surface area contributed by atoms with E-state index in [4.69, 9.17) is 0 Å². The SMILES string of the molecule is C=Cc1ccc2c(c1)=NC(=O)C=2. The molecule has 12 heavy (non-hydrogen) atoms. The number of carbonyl (C=O) groups is 1. The van der Waals surface area contributed by atoms with Gasteiger partial charge < -0.3 is 0 Å². The minimum absolute atomic E-state index is 0.175. The first-order chi connectivity index (χ1) is 5.79. The maximum absolute atomic E-state index is 10.9. The zero-order valence-electron chi connectivity index (χ0n) is 6.45. The summed E-state index contributed by atoms with van der Waals surface area (Å²) in [5.41, 5.74) is 0.987. The zero-order chi connectivity index (χ0) is 8.55. The molecule has 2 nitrogen and oxygen atoms in total. The lowest BCUT2D eigenvalue weighted by Gasteiger charge is -1.88. The Morgan fingerprint density at radius 3 is 3.00 bits per heavy atom. The molecule has 0 fully saturated rings. The van der Waals surface area contributed by atoms with E-state index in [1.54, 1.807) is 6.08 Å². The summed E-state index contributed by atoms with van der Waals surface area (Å²) in [7, 11) is 0. The Kier molecular flexibility index (Phi) is 1.40. The smallest absolute Gasteiger partial charge is 0.267 e. The van der Waals surface area contributed by atoms with E-state index in [-0.39, 0.29) is 5.91 Å². The Bertz CT molecular complexity index is 471. The molecule has 0 bridgehead atoms. The van der Waals surface area contributed by atoms with Crippen LogP contribution in [-0.4, -0.2) is 5.91 Å². The van der Waals surface area contributed by atoms with Crippen LogP contribution in [0.15, 0.2) is 29.8 Å². The number of hydrogen-bond donors (Lipinski definition) is 0. The lowest BCUT2D eigenvalue weighted by molar-refractivity contribution is -0.112. The normalized spacial score (nSPS) is 13.2. The van der Waals surface area contributed by atoms with Crippen LogP contribution < -0.4 is 10.6 Å². The highest BCUT2D eigenvalue weighted by atomic mass is 16.1. The number of benzene rings is 1. The molecule has 0 aliphatic carbocycles. The second-order valence-corrected chi connectivity index (χ2v) is 2.62. The van der Waals surface area contributed by atoms with Gasteiger partial charge in [0.1, 0.15) is 0 Å². The van der Waals surface area contributed by atoms with E-state index < -0.39 is 0 Å². The van der Waals surface area contributed by atoms with Gasteiger partial charge in [-0.1, -0.05) is 24.8 Å². The minimum atomic E-state index is -0.175. The molecule has 1 amide bonds. The third-order valence-corrected chi connectivity index (χ3v) is 1.80. The number of hydrogen-bond acceptors (Lipinski definition) is 1. The first-order valence-corrected chi connectivity index (χ1v) is 3.66. The summed E-state index contributed by atoms with van der Waals surface area (Å²) in [6, 6.07) is 5.64. The van der Waals surface area contributed by atoms with Crippen molar-refractivity contribution in [1.29, 1.82) is 0 Å². The van der Waals surface area contributed by atoms with E-state index in [9.17, 15) is 4.79 Å². The maximum atomic E-state index is 10.9. The molecule has 1 aromatic rings. The van der Waals surface area contributed by atoms with Crippen LogP contribution in [-0.2, 0) is 4.79 Å². The molecule has 0 atom stereocenters. The summed E-state index contributed by atoms with van der Waals surface area (Å²) in [5, 5.41) is 1.64. The predicted molar refractivity (Wildman–Crippen MR) is 46.8 cm³/mol. The van der Waals surface area contributed by atoms with Crippen molar-refractivity contribution in [2.45, 2.75) is 0 Å². The molecule has 0 radical (unpaired) electrons. The van der Waals surface area contributed by atoms with Crippen molar-refractivity contribution < 1.29 is 4.79 Å². The minimum Gasteiger partial charge on any atom is -0.267 e. The molecular formula is C10H7NO. The molecule has 0 unspecified atom stereocenters. The fourth-order valence-electron chi connectivity index (χ4n) is 1.19. The van der Waals surface area contributed by atoms with Crippen LogP contribution in [0.5, 0.6) is 0 Å². The summed E-state index contributed by atoms with van der Waals surface area (Å²) in [4.78, 5) is 14.7. The van der Waals surface area contributed by atoms with Crippen molar-refractivity contribution >= 4 is 18.1 Å². The molecule has 2 heteroatoms. The highest BCUT2D eigenvalue weighted by Crippen LogP contribution is 1.94. The van der Waals surface area contributed by atoms with Gasteiger partial charge >= 0.3 is 0 Å². The summed E-state index contributed by atoms with van der Waals surface area (Å²) >= 11 is 0. The maximum Gasteiger partial charge on any atom is 0.270 e. The van der Waals surface area contributed by atoms with Gasteiger partial charge in [0.25, 0.3) is 5.91 Å². The van der Waals surface area contributed by atoms with Gasteiger partial charge in [-0.15, -0.1) is 0 Å². The molecule has 0 saturated heterocycles. The van der Waals surface area contributed by atoms with E-state index in [0.29, 0.717) is 0 Å². The third kappa shape index (κ3) is 0.975. The fraction of sp³-hybridized carbons (Fsp3) is 0. The molecular weight excluding hydrogens is 150 g/mol. The monoisotopic (exact) mass is 157 g/mol. The topological polar surface area (TPSA) is 29.4 Å². The number of rotatable bonds is 1. The average Bonchev–Trinajstić information content (AvgIpc) is 2.43. The van der Waals surface area contributed by atoms with E-state index >= 15 is 0 Å². The van der Waals surface area contributed by atoms with Crippen molar-refractivity contribution in [1.82, 2.24) is 0 Å².